The van der Waals surface area contributed by atoms with E-state index >= 15 is 0 Å². The molecule has 0 heterocycles. The summed E-state index contributed by atoms with van der Waals surface area (Å²) in [7, 11) is 0. The lowest BCUT2D eigenvalue weighted by Crippen LogP contribution is -2.62. The molecule has 0 unspecified atom stereocenters. The van der Waals surface area contributed by atoms with Crippen molar-refractivity contribution in [2.75, 3.05) is 6.61 Å². The van der Waals surface area contributed by atoms with Crippen LogP contribution in [0.2, 0.25) is 0 Å². The van der Waals surface area contributed by atoms with Crippen LogP contribution in [-0.2, 0) is 19.1 Å². The topological polar surface area (TPSA) is 101 Å². The molecule has 0 bridgehead atoms. The van der Waals surface area contributed by atoms with Crippen molar-refractivity contribution in [1.29, 1.82) is 0 Å². The fourth-order valence-electron chi connectivity index (χ4n) is 9.57. The summed E-state index contributed by atoms with van der Waals surface area (Å²) >= 11 is 0. The molecule has 0 amide bonds. The maximum atomic E-state index is 13.5. The molecule has 0 radical (unpaired) electrons. The smallest absolute Gasteiger partial charge is 0.306 e. The predicted octanol–water partition coefficient (Wildman–Crippen LogP) is 8.15. The number of unbranched alkanes of at least 4 members (excludes halogenated alkanes) is 8. The Bertz CT molecular complexity index is 1120. The van der Waals surface area contributed by atoms with Gasteiger partial charge >= 0.3 is 5.97 Å². The van der Waals surface area contributed by atoms with Gasteiger partial charge in [-0.05, 0) is 106 Å². The average molecular weight is 625 g/mol. The number of allylic oxidation sites excluding steroid dienone is 5. The lowest BCUT2D eigenvalue weighted by Gasteiger charge is -2.60. The van der Waals surface area contributed by atoms with E-state index in [-0.39, 0.29) is 41.3 Å². The summed E-state index contributed by atoms with van der Waals surface area (Å²) < 4.78 is 5.39. The number of hydrogen-bond acceptors (Lipinski definition) is 6. The Balaban J connectivity index is 1.15. The number of aliphatic hydroxyl groups excluding tert-OH is 1. The summed E-state index contributed by atoms with van der Waals surface area (Å²) in [5.74, 6) is -0.301. The summed E-state index contributed by atoms with van der Waals surface area (Å²) in [5.41, 5.74) is -1.41. The SMILES string of the molecule is CCCCC/C=C\C/C=C\CCCCCCCC(=O)OCC(=O)[C@@]1(O)CC[C@H]2[C@@H]3CCC4=CC(=O)CC[C@]4(C)[C@H]3[C@@H](O)C[C@@]21C. The van der Waals surface area contributed by atoms with Crippen LogP contribution in [0.1, 0.15) is 143 Å². The summed E-state index contributed by atoms with van der Waals surface area (Å²) in [6, 6.07) is 0. The maximum Gasteiger partial charge on any atom is 0.306 e. The van der Waals surface area contributed by atoms with Gasteiger partial charge in [-0.15, -0.1) is 0 Å². The number of carbonyl (C=O) groups is 3. The second-order valence-corrected chi connectivity index (χ2v) is 15.0. The minimum Gasteiger partial charge on any atom is -0.458 e. The van der Waals surface area contributed by atoms with Crippen molar-refractivity contribution in [3.8, 4) is 0 Å². The van der Waals surface area contributed by atoms with Gasteiger partial charge in [0.15, 0.2) is 12.4 Å². The normalized spacial score (nSPS) is 34.4. The molecule has 4 aliphatic carbocycles. The van der Waals surface area contributed by atoms with E-state index in [4.69, 9.17) is 4.74 Å². The van der Waals surface area contributed by atoms with E-state index in [1.54, 1.807) is 0 Å². The van der Waals surface area contributed by atoms with Crippen LogP contribution in [0.25, 0.3) is 0 Å². The lowest BCUT2D eigenvalue weighted by molar-refractivity contribution is -0.184. The standard InChI is InChI=1S/C39H60O6/c1-4-5-6-7-8-9-10-11-12-13-14-15-16-17-18-19-35(43)45-28-34(42)39(44)25-23-32-31-21-20-29-26-30(40)22-24-37(29,2)36(31)33(41)27-38(32,39)3/h8-9,11-12,26,31-33,36,41,44H,4-7,10,13-25,27-28H2,1-3H3/b9-8-,12-11-/t31-,32-,33-,36+,37-,38-,39-/m0/s1. The zero-order chi connectivity index (χ0) is 32.5. The zero-order valence-electron chi connectivity index (χ0n) is 28.4. The molecule has 0 aromatic rings. The van der Waals surface area contributed by atoms with Crippen LogP contribution in [0.5, 0.6) is 0 Å². The van der Waals surface area contributed by atoms with Crippen LogP contribution < -0.4 is 0 Å². The fourth-order valence-corrected chi connectivity index (χ4v) is 9.57. The minimum atomic E-state index is -1.61. The molecule has 0 aromatic heterocycles. The average Bonchev–Trinajstić information content (AvgIpc) is 3.28. The van der Waals surface area contributed by atoms with Crippen molar-refractivity contribution in [2.24, 2.45) is 28.6 Å². The second-order valence-electron chi connectivity index (χ2n) is 15.0. The lowest BCUT2D eigenvalue weighted by atomic mass is 9.45. The van der Waals surface area contributed by atoms with Gasteiger partial charge in [0.2, 0.25) is 5.78 Å². The summed E-state index contributed by atoms with van der Waals surface area (Å²) in [6.45, 7) is 5.99. The summed E-state index contributed by atoms with van der Waals surface area (Å²) in [5, 5.41) is 23.4. The van der Waals surface area contributed by atoms with Gasteiger partial charge in [0.05, 0.1) is 6.10 Å². The van der Waals surface area contributed by atoms with Gasteiger partial charge in [-0.1, -0.05) is 82.8 Å². The third-order valence-corrected chi connectivity index (χ3v) is 12.2. The predicted molar refractivity (Wildman–Crippen MR) is 178 cm³/mol. The third-order valence-electron chi connectivity index (χ3n) is 12.2. The van der Waals surface area contributed by atoms with Crippen LogP contribution >= 0.6 is 0 Å². The molecule has 0 saturated heterocycles. The highest BCUT2D eigenvalue weighted by molar-refractivity contribution is 5.92. The van der Waals surface area contributed by atoms with Crippen LogP contribution in [0.3, 0.4) is 0 Å². The van der Waals surface area contributed by atoms with Crippen molar-refractivity contribution >= 4 is 17.5 Å². The summed E-state index contributed by atoms with van der Waals surface area (Å²) in [6.07, 6.45) is 27.1. The zero-order valence-corrected chi connectivity index (χ0v) is 28.4. The highest BCUT2D eigenvalue weighted by Gasteiger charge is 2.68. The molecule has 0 aromatic carbocycles. The first-order chi connectivity index (χ1) is 21.6. The van der Waals surface area contributed by atoms with Crippen LogP contribution in [0, 0.1) is 28.6 Å². The number of aliphatic hydroxyl groups is 2. The van der Waals surface area contributed by atoms with E-state index in [0.717, 1.165) is 70.6 Å². The Hall–Kier alpha value is -2.05. The Morgan fingerprint density at radius 2 is 1.62 bits per heavy atom. The van der Waals surface area contributed by atoms with E-state index in [2.05, 4.69) is 38.2 Å². The monoisotopic (exact) mass is 624 g/mol. The fraction of sp³-hybridized carbons (Fsp3) is 0.769. The van der Waals surface area contributed by atoms with Gasteiger partial charge in [-0.25, -0.2) is 0 Å². The number of ketones is 2. The Morgan fingerprint density at radius 3 is 2.36 bits per heavy atom. The second kappa shape index (κ2) is 16.2. The molecule has 0 aliphatic heterocycles. The molecular weight excluding hydrogens is 564 g/mol. The molecule has 0 spiro atoms. The molecule has 2 N–H and O–H groups in total. The van der Waals surface area contributed by atoms with E-state index in [9.17, 15) is 24.6 Å². The molecule has 3 fully saturated rings. The Kier molecular flexibility index (Phi) is 12.9. The molecule has 4 aliphatic rings. The quantitative estimate of drug-likeness (QED) is 0.0962. The van der Waals surface area contributed by atoms with Crippen molar-refractivity contribution in [3.05, 3.63) is 36.0 Å². The number of fused-ring (bicyclic) bond motifs is 5. The van der Waals surface area contributed by atoms with Gasteiger partial charge in [-0.3, -0.25) is 14.4 Å². The van der Waals surface area contributed by atoms with Gasteiger partial charge in [-0.2, -0.15) is 0 Å². The Morgan fingerprint density at radius 1 is 0.933 bits per heavy atom. The minimum absolute atomic E-state index is 0.0303. The first kappa shape index (κ1) is 35.8. The van der Waals surface area contributed by atoms with Gasteiger partial charge < -0.3 is 14.9 Å². The van der Waals surface area contributed by atoms with E-state index in [0.29, 0.717) is 19.3 Å². The van der Waals surface area contributed by atoms with Crippen LogP contribution in [0.4, 0.5) is 0 Å². The number of hydrogen-bond donors (Lipinski definition) is 2. The van der Waals surface area contributed by atoms with Crippen molar-refractivity contribution in [3.63, 3.8) is 0 Å². The van der Waals surface area contributed by atoms with E-state index in [1.165, 1.54) is 31.3 Å². The molecule has 7 atom stereocenters. The van der Waals surface area contributed by atoms with E-state index in [1.807, 2.05) is 13.0 Å². The molecule has 6 nitrogen and oxygen atoms in total. The number of esters is 1. The number of ether oxygens (including phenoxy) is 1. The Labute approximate surface area is 272 Å². The maximum absolute atomic E-state index is 13.5. The first-order valence-electron chi connectivity index (χ1n) is 18.2. The van der Waals surface area contributed by atoms with Gasteiger partial charge in [0.25, 0.3) is 0 Å². The van der Waals surface area contributed by atoms with Crippen molar-refractivity contribution in [1.82, 2.24) is 0 Å². The molecule has 45 heavy (non-hydrogen) atoms. The van der Waals surface area contributed by atoms with E-state index < -0.39 is 29.5 Å². The van der Waals surface area contributed by atoms with Gasteiger partial charge in [0.1, 0.15) is 5.60 Å². The third kappa shape index (κ3) is 8.09. The highest BCUT2D eigenvalue weighted by atomic mass is 16.5. The number of carbonyl (C=O) groups excluding carboxylic acids is 3. The van der Waals surface area contributed by atoms with Gasteiger partial charge in [0, 0.05) is 18.3 Å². The van der Waals surface area contributed by atoms with Crippen LogP contribution in [-0.4, -0.2) is 46.1 Å². The number of Topliss-reactive ketones (excluding diaryl/α,β-unsaturated/α-hetero) is 1. The molecular formula is C39H60O6. The van der Waals surface area contributed by atoms with Crippen molar-refractivity contribution in [2.45, 2.75) is 154 Å². The summed E-state index contributed by atoms with van der Waals surface area (Å²) in [4.78, 5) is 38.1. The number of rotatable bonds is 17. The molecule has 6 heteroatoms. The first-order valence-corrected chi connectivity index (χ1v) is 18.2. The molecule has 3 saturated carbocycles. The molecule has 252 valence electrons. The molecule has 4 rings (SSSR count). The van der Waals surface area contributed by atoms with Crippen molar-refractivity contribution < 1.29 is 29.3 Å². The van der Waals surface area contributed by atoms with Crippen LogP contribution in [0.15, 0.2) is 36.0 Å². The highest BCUT2D eigenvalue weighted by Crippen LogP contribution is 2.67. The largest absolute Gasteiger partial charge is 0.458 e.